The molecule has 0 N–H and O–H groups in total. The van der Waals surface area contributed by atoms with Crippen molar-refractivity contribution in [1.82, 2.24) is 0 Å². The van der Waals surface area contributed by atoms with E-state index in [0.29, 0.717) is 38.1 Å². The second-order valence-electron chi connectivity index (χ2n) is 13.7. The zero-order chi connectivity index (χ0) is 43.0. The Kier molecular flexibility index (Phi) is 18.1. The molecule has 24 heteroatoms. The second-order valence-corrected chi connectivity index (χ2v) is 15.6. The summed E-state index contributed by atoms with van der Waals surface area (Å²) in [5, 5.41) is 16.2. The summed E-state index contributed by atoms with van der Waals surface area (Å²) >= 11 is 0. The predicted molar refractivity (Wildman–Crippen MR) is 178 cm³/mol. The molecule has 4 heterocycles. The van der Waals surface area contributed by atoms with Crippen LogP contribution in [0.3, 0.4) is 0 Å². The van der Waals surface area contributed by atoms with E-state index in [1.54, 1.807) is 0 Å². The quantitative estimate of drug-likeness (QED) is 0.117. The Hall–Kier alpha value is -2.08. The monoisotopic (exact) mass is 1070 g/mol. The average Bonchev–Trinajstić information content (AvgIpc) is 3.08. The molecular weight excluding hydrogens is 1030 g/mol. The second kappa shape index (κ2) is 20.2. The number of alkyl halides is 8. The number of nitrogens with zero attached hydrogens (tertiary/aromatic N) is 4. The summed E-state index contributed by atoms with van der Waals surface area (Å²) in [5.41, 5.74) is 4.88. The molecule has 0 aromatic carbocycles. The molecule has 339 valence electrons. The van der Waals surface area contributed by atoms with Gasteiger partial charge < -0.3 is 21.3 Å². The Morgan fingerprint density at radius 1 is 0.534 bits per heavy atom. The van der Waals surface area contributed by atoms with Gasteiger partial charge in [0.1, 0.15) is 0 Å². The van der Waals surface area contributed by atoms with E-state index >= 15 is 0 Å². The van der Waals surface area contributed by atoms with Crippen LogP contribution in [0.4, 0.5) is 77.9 Å². The molecule has 2 aliphatic carbocycles. The van der Waals surface area contributed by atoms with Gasteiger partial charge in [-0.05, 0) is 25.7 Å². The Labute approximate surface area is 335 Å². The maximum atomic E-state index is 13.4. The molecule has 0 spiro atoms. The Morgan fingerprint density at radius 2 is 0.862 bits per heavy atom. The molecule has 8 unspecified atom stereocenters. The van der Waals surface area contributed by atoms with Crippen molar-refractivity contribution in [3.8, 4) is 0 Å². The van der Waals surface area contributed by atoms with Gasteiger partial charge in [0.05, 0.1) is 12.3 Å². The van der Waals surface area contributed by atoms with Gasteiger partial charge in [-0.1, -0.05) is 25.7 Å². The molecular formula is C34H36F18IrN4P-7. The minimum absolute atomic E-state index is 0. The van der Waals surface area contributed by atoms with E-state index < -0.39 is 80.4 Å². The summed E-state index contributed by atoms with van der Waals surface area (Å²) in [5.74, 6) is -4.45. The van der Waals surface area contributed by atoms with Crippen molar-refractivity contribution >= 4 is 7.81 Å². The van der Waals surface area contributed by atoms with E-state index in [1.807, 2.05) is 0 Å². The number of hydrogen-bond acceptors (Lipinski definition) is 0. The van der Waals surface area contributed by atoms with E-state index in [2.05, 4.69) is 32.7 Å². The molecule has 6 aliphatic rings. The Bertz CT molecular complexity index is 1410. The standard InChI is InChI=1S/2C12H10F5N.C10H16F2N2.F6P.Ir/c2*13-8-2-3-9(10(14)5-8)11-4-1-7(6-18-11)12(15,16)17;11-7-1-3-9(13-5-7)10-4-2-8(12)6-14-10;1-7(2,3,4,5)6;/h2*2,5,7,11H,1,4,6H2;7-10H,1-6H2;;/q3*-2;-1;. The zero-order valence-electron chi connectivity index (χ0n) is 29.8. The van der Waals surface area contributed by atoms with Crippen molar-refractivity contribution in [1.29, 1.82) is 0 Å². The third-order valence-electron chi connectivity index (χ3n) is 9.11. The summed E-state index contributed by atoms with van der Waals surface area (Å²) < 4.78 is 211. The molecule has 0 saturated carbocycles. The van der Waals surface area contributed by atoms with Gasteiger partial charge in [-0.25, -0.2) is 8.78 Å². The fraction of sp³-hybridized carbons (Fsp3) is 0.647. The average molecular weight is 1070 g/mol. The Morgan fingerprint density at radius 3 is 1.09 bits per heavy atom. The summed E-state index contributed by atoms with van der Waals surface area (Å²) in [6.07, 6.45) is -5.59. The van der Waals surface area contributed by atoms with E-state index in [1.165, 1.54) is 0 Å². The first kappa shape index (κ1) is 52.1. The number of halogens is 18. The van der Waals surface area contributed by atoms with Crippen molar-refractivity contribution in [2.75, 3.05) is 26.2 Å². The molecule has 1 radical (unpaired) electrons. The molecule has 58 heavy (non-hydrogen) atoms. The smallest absolute Gasteiger partial charge is 0 e. The molecule has 4 nitrogen and oxygen atoms in total. The van der Waals surface area contributed by atoms with Crippen LogP contribution in [-0.2, 0) is 20.1 Å². The summed E-state index contributed by atoms with van der Waals surface area (Å²) in [7, 11) is -10.7. The first-order chi connectivity index (χ1) is 26.0. The van der Waals surface area contributed by atoms with Crippen LogP contribution in [0, 0.1) is 24.2 Å². The van der Waals surface area contributed by atoms with Crippen LogP contribution in [0.5, 0.6) is 0 Å². The first-order valence-electron chi connectivity index (χ1n) is 17.3. The molecule has 0 amide bonds. The maximum Gasteiger partial charge on any atom is 0 e. The van der Waals surface area contributed by atoms with Crippen LogP contribution in [0.2, 0.25) is 0 Å². The molecule has 0 bridgehead atoms. The largest absolute Gasteiger partial charge is 0 e. The van der Waals surface area contributed by atoms with Crippen LogP contribution in [0.15, 0.2) is 58.6 Å². The maximum absolute atomic E-state index is 13.4. The van der Waals surface area contributed by atoms with Gasteiger partial charge in [0.15, 0.2) is 0 Å². The zero-order valence-corrected chi connectivity index (χ0v) is 33.1. The normalized spacial score (nSPS) is 31.7. The molecule has 8 atom stereocenters. The van der Waals surface area contributed by atoms with E-state index in [0.717, 1.165) is 25.0 Å². The number of piperidine rings is 4. The van der Waals surface area contributed by atoms with Gasteiger partial charge in [0.2, 0.25) is 0 Å². The van der Waals surface area contributed by atoms with E-state index in [4.69, 9.17) is 0 Å². The van der Waals surface area contributed by atoms with Crippen LogP contribution in [-0.4, -0.2) is 75.0 Å². The minimum atomic E-state index is -10.7. The van der Waals surface area contributed by atoms with Gasteiger partial charge in [-0.2, -0.15) is 38.4 Å². The summed E-state index contributed by atoms with van der Waals surface area (Å²) in [6.45, 7) is -0.122. The molecule has 4 fully saturated rings. The van der Waals surface area contributed by atoms with Gasteiger partial charge in [-0.15, -0.1) is 73.7 Å². The van der Waals surface area contributed by atoms with Crippen LogP contribution < -0.4 is 0 Å². The first-order valence-corrected chi connectivity index (χ1v) is 19.4. The number of allylic oxidation sites excluding steroid dienone is 4. The van der Waals surface area contributed by atoms with Crippen LogP contribution in [0.1, 0.15) is 51.4 Å². The van der Waals surface area contributed by atoms with Crippen LogP contribution >= 0.6 is 7.81 Å². The number of hydrogen-bond donors (Lipinski definition) is 0. The van der Waals surface area contributed by atoms with Gasteiger partial charge in [0, 0.05) is 55.9 Å². The molecule has 0 aromatic heterocycles. The fourth-order valence-corrected chi connectivity index (χ4v) is 6.22. The summed E-state index contributed by atoms with van der Waals surface area (Å²) in [6, 6.07) is -1.00. The topological polar surface area (TPSA) is 56.4 Å². The van der Waals surface area contributed by atoms with E-state index in [9.17, 15) is 77.9 Å². The summed E-state index contributed by atoms with van der Waals surface area (Å²) in [4.78, 5) is 0. The minimum Gasteiger partial charge on any atom is 0 e. The van der Waals surface area contributed by atoms with Crippen molar-refractivity contribution in [2.24, 2.45) is 11.8 Å². The van der Waals surface area contributed by atoms with Crippen molar-refractivity contribution in [3.63, 3.8) is 0 Å². The molecule has 0 aromatic rings. The van der Waals surface area contributed by atoms with Gasteiger partial charge >= 0.3 is 45.3 Å². The van der Waals surface area contributed by atoms with E-state index in [-0.39, 0.29) is 82.1 Å². The van der Waals surface area contributed by atoms with Crippen molar-refractivity contribution in [3.05, 3.63) is 92.2 Å². The van der Waals surface area contributed by atoms with Crippen LogP contribution in [0.25, 0.3) is 21.3 Å². The SMILES string of the molecule is FC1=C[C-](F)C(C2CCC(C(F)(F)F)C[N-]2)=C=C1.FC1=C[C-](F)C(C2CCC(C(F)(F)F)C[N-]2)=C=C1.FC1CCC(C2CCC(F)C[N-]2)[N-]C1.F[P-](F)(F)(F)(F)F.[Ir]. The third kappa shape index (κ3) is 19.5. The molecule has 6 rings (SSSR count). The van der Waals surface area contributed by atoms with Crippen molar-refractivity contribution in [2.45, 2.75) is 100 Å². The van der Waals surface area contributed by atoms with Gasteiger partial charge in [0.25, 0.3) is 0 Å². The molecule has 4 aliphatic heterocycles. The van der Waals surface area contributed by atoms with Gasteiger partial charge in [-0.3, -0.25) is 29.0 Å². The molecule has 4 saturated heterocycles. The third-order valence-corrected chi connectivity index (χ3v) is 9.11. The predicted octanol–water partition coefficient (Wildman–Crippen LogP) is 14.4. The number of rotatable bonds is 3. The van der Waals surface area contributed by atoms with Crippen molar-refractivity contribution < 1.29 is 98.0 Å². The fourth-order valence-electron chi connectivity index (χ4n) is 6.22. The Balaban J connectivity index is 0.000000277.